The predicted octanol–water partition coefficient (Wildman–Crippen LogP) is 5.96. The maximum absolute atomic E-state index is 14.4. The molecule has 0 spiro atoms. The molecule has 2 aromatic rings. The van der Waals surface area contributed by atoms with Crippen molar-refractivity contribution < 1.29 is 56.0 Å². The normalized spacial score (nSPS) is 20.9. The number of rotatable bonds is 4. The van der Waals surface area contributed by atoms with E-state index in [0.717, 1.165) is 37.4 Å². The van der Waals surface area contributed by atoms with Crippen LogP contribution in [0.2, 0.25) is 0.959 Å². The maximum atomic E-state index is 14.4. The van der Waals surface area contributed by atoms with Gasteiger partial charge in [0.15, 0.2) is 11.6 Å². The van der Waals surface area contributed by atoms with Gasteiger partial charge in [-0.05, 0) is 6.07 Å². The second-order valence-corrected chi connectivity index (χ2v) is 13.8. The number of benzene rings is 2. The Bertz CT molecular complexity index is 706. The van der Waals surface area contributed by atoms with E-state index >= 15 is 0 Å². The van der Waals surface area contributed by atoms with Crippen molar-refractivity contribution in [1.82, 2.24) is 0 Å². The third-order valence-electron chi connectivity index (χ3n) is 5.24. The van der Waals surface area contributed by atoms with Crippen molar-refractivity contribution in [2.75, 3.05) is 0 Å². The predicted molar refractivity (Wildman–Crippen MR) is 87.2 cm³/mol. The molecule has 124 valence electrons. The van der Waals surface area contributed by atoms with Gasteiger partial charge in [0.05, 0.1) is 0 Å². The quantitative estimate of drug-likeness (QED) is 0.446. The van der Waals surface area contributed by atoms with Crippen molar-refractivity contribution in [3.05, 3.63) is 59.4 Å². The minimum Gasteiger partial charge on any atom is -0.204 e. The standard InChI is InChI=1S/C20H20F3.Ra.H/c21-18-11-9-16(13-20(18)23)17-10-8-15(12-19(17)22)7-6-14-4-2-1-3-5-14;;/h1,8-14H,2-7H2;;. The third kappa shape index (κ3) is 4.65. The molecule has 1 saturated carbocycles. The van der Waals surface area contributed by atoms with Gasteiger partial charge in [-0.3, -0.25) is 0 Å². The molecule has 4 heteroatoms. The van der Waals surface area contributed by atoms with Gasteiger partial charge in [-0.2, -0.15) is 0 Å². The average molecular weight is 544 g/mol. The first kappa shape index (κ1) is 18.5. The second kappa shape index (κ2) is 8.39. The summed E-state index contributed by atoms with van der Waals surface area (Å²) in [6.45, 7) is 0. The van der Waals surface area contributed by atoms with Gasteiger partial charge in [-0.15, -0.1) is 0 Å². The Morgan fingerprint density at radius 1 is 0.833 bits per heavy atom. The molecule has 24 heavy (non-hydrogen) atoms. The summed E-state index contributed by atoms with van der Waals surface area (Å²) in [5.41, 5.74) is 1.67. The number of hydrogen-bond acceptors (Lipinski definition) is 0. The van der Waals surface area contributed by atoms with Gasteiger partial charge < -0.3 is 0 Å². The van der Waals surface area contributed by atoms with E-state index in [1.54, 1.807) is 12.1 Å². The van der Waals surface area contributed by atoms with Gasteiger partial charge in [0.2, 0.25) is 0 Å². The Morgan fingerprint density at radius 2 is 1.58 bits per heavy atom. The summed E-state index contributed by atoms with van der Waals surface area (Å²) in [7, 11) is 0. The van der Waals surface area contributed by atoms with Gasteiger partial charge in [-0.25, -0.2) is 8.78 Å². The molecule has 0 N–H and O–H groups in total. The summed E-state index contributed by atoms with van der Waals surface area (Å²) in [5, 5.41) is 0. The van der Waals surface area contributed by atoms with Crippen LogP contribution < -0.4 is 0 Å². The Hall–Kier alpha value is -0.302. The van der Waals surface area contributed by atoms with E-state index in [-0.39, 0.29) is 5.82 Å². The first-order valence-electron chi connectivity index (χ1n) is 8.77. The number of halogens is 3. The van der Waals surface area contributed by atoms with Crippen LogP contribution in [-0.2, 0) is 6.42 Å². The molecule has 0 heterocycles. The summed E-state index contributed by atoms with van der Waals surface area (Å²) in [6, 6.07) is 8.61. The molecule has 0 saturated heterocycles. The summed E-state index contributed by atoms with van der Waals surface area (Å²) in [4.78, 5) is 0. The van der Waals surface area contributed by atoms with E-state index in [0.29, 0.717) is 53.9 Å². The fraction of sp³-hybridized carbons (Fsp3) is 0.400. The van der Waals surface area contributed by atoms with E-state index < -0.39 is 11.6 Å². The van der Waals surface area contributed by atoms with Crippen LogP contribution >= 0.6 is 0 Å². The van der Waals surface area contributed by atoms with Crippen LogP contribution in [0.5, 0.6) is 0 Å². The van der Waals surface area contributed by atoms with Crippen molar-refractivity contribution in [1.29, 1.82) is 0 Å². The minimum absolute atomic E-state index is 0.317. The van der Waals surface area contributed by atoms with E-state index in [1.165, 1.54) is 31.7 Å². The summed E-state index contributed by atoms with van der Waals surface area (Å²) in [5.74, 6) is -1.45. The van der Waals surface area contributed by atoms with Crippen LogP contribution in [0.3, 0.4) is 0 Å². The SMILES string of the molecule is Fc1ccc(-c2ccc(CCC3CC[CH]([RaH])CC3)cc2F)cc1F. The second-order valence-electron chi connectivity index (χ2n) is 7.11. The smallest absolute Gasteiger partial charge is 0.204 e. The van der Waals surface area contributed by atoms with E-state index in [1.807, 2.05) is 6.07 Å². The zero-order valence-electron chi connectivity index (χ0n) is 14.0. The van der Waals surface area contributed by atoms with E-state index in [2.05, 4.69) is 0 Å². The molecule has 1 aliphatic carbocycles. The Morgan fingerprint density at radius 3 is 2.25 bits per heavy atom. The molecular formula is C20H21F3Ra. The van der Waals surface area contributed by atoms with Crippen LogP contribution in [-0.4, -0.2) is 0 Å². The molecule has 3 rings (SSSR count). The first-order chi connectivity index (χ1) is 11.5. The molecule has 0 bridgehead atoms. The van der Waals surface area contributed by atoms with Gasteiger partial charge >= 0.3 is 145 Å². The Labute approximate surface area is 170 Å². The summed E-state index contributed by atoms with van der Waals surface area (Å²) < 4.78 is 41.8. The van der Waals surface area contributed by atoms with Gasteiger partial charge in [0.25, 0.3) is 0 Å². The molecule has 1 aliphatic rings. The monoisotopic (exact) mass is 544 g/mol. The third-order valence-corrected chi connectivity index (χ3v) is 9.99. The van der Waals surface area contributed by atoms with E-state index in [4.69, 9.17) is 0 Å². The average Bonchev–Trinajstić information content (AvgIpc) is 2.57. The first-order valence-corrected chi connectivity index (χ1v) is 13.5. The Balaban J connectivity index is 1.67. The molecule has 0 radical (unpaired) electrons. The van der Waals surface area contributed by atoms with Crippen molar-refractivity contribution >= 4 is 0 Å². The molecule has 0 atom stereocenters. The van der Waals surface area contributed by atoms with Crippen LogP contribution in [0.4, 0.5) is 13.2 Å². The zero-order valence-corrected chi connectivity index (χ0v) is 22.2. The molecule has 0 unspecified atom stereocenters. The molecule has 0 aromatic heterocycles. The number of hydrogen-bond donors (Lipinski definition) is 0. The molecule has 0 nitrogen and oxygen atoms in total. The van der Waals surface area contributed by atoms with Crippen molar-refractivity contribution in [2.24, 2.45) is 5.92 Å². The fourth-order valence-corrected chi connectivity index (χ4v) is 6.34. The van der Waals surface area contributed by atoms with Gasteiger partial charge in [0.1, 0.15) is 0 Å². The van der Waals surface area contributed by atoms with Crippen molar-refractivity contribution in [3.8, 4) is 11.1 Å². The van der Waals surface area contributed by atoms with Crippen molar-refractivity contribution in [2.45, 2.75) is 39.5 Å². The molecule has 1 fully saturated rings. The van der Waals surface area contributed by atoms with Crippen LogP contribution in [0.15, 0.2) is 36.4 Å². The minimum atomic E-state index is -0.951. The van der Waals surface area contributed by atoms with Gasteiger partial charge in [0, 0.05) is 0 Å². The Kier molecular flexibility index (Phi) is 6.46. The number of aryl methyl sites for hydroxylation is 1. The van der Waals surface area contributed by atoms with Gasteiger partial charge in [-0.1, -0.05) is 0 Å². The van der Waals surface area contributed by atoms with Crippen LogP contribution in [0.1, 0.15) is 37.7 Å². The zero-order chi connectivity index (χ0) is 17.1. The molecule has 0 amide bonds. The van der Waals surface area contributed by atoms with Crippen LogP contribution in [0, 0.1) is 66.2 Å². The topological polar surface area (TPSA) is 0 Å². The van der Waals surface area contributed by atoms with E-state index in [9.17, 15) is 13.2 Å². The summed E-state index contributed by atoms with van der Waals surface area (Å²) >= 11 is 0.651. The van der Waals surface area contributed by atoms with Crippen LogP contribution in [0.25, 0.3) is 11.1 Å². The summed E-state index contributed by atoms with van der Waals surface area (Å²) in [6.07, 6.45) is 7.47. The molecule has 2 aromatic carbocycles. The fourth-order valence-electron chi connectivity index (χ4n) is 3.60. The van der Waals surface area contributed by atoms with Crippen molar-refractivity contribution in [3.63, 3.8) is 0 Å². The molecular weight excluding hydrogens is 523 g/mol. The molecule has 0 aliphatic heterocycles.